The number of nitrogens with one attached hydrogen (secondary N) is 2. The number of aromatic amines is 1. The number of benzene rings is 1. The fourth-order valence-electron chi connectivity index (χ4n) is 1.64. The number of nitrogens with two attached hydrogens (primary N) is 1. The highest BCUT2D eigenvalue weighted by Gasteiger charge is 2.20. The molecule has 0 bridgehead atoms. The Bertz CT molecular complexity index is 691. The smallest absolute Gasteiger partial charge is 0.174 e. The molecule has 6 nitrogen and oxygen atoms in total. The van der Waals surface area contributed by atoms with E-state index in [1.54, 1.807) is 6.20 Å². The van der Waals surface area contributed by atoms with Gasteiger partial charge >= 0.3 is 0 Å². The molecule has 0 atom stereocenters. The van der Waals surface area contributed by atoms with Gasteiger partial charge in [-0.25, -0.2) is 0 Å². The van der Waals surface area contributed by atoms with Crippen LogP contribution in [-0.2, 0) is 0 Å². The summed E-state index contributed by atoms with van der Waals surface area (Å²) in [6, 6.07) is 3.27. The summed E-state index contributed by atoms with van der Waals surface area (Å²) in [4.78, 5) is 0. The number of halogens is 2. The van der Waals surface area contributed by atoms with Crippen LogP contribution in [-0.4, -0.2) is 22.5 Å². The van der Waals surface area contributed by atoms with Crippen LogP contribution in [0.4, 0.5) is 5.69 Å². The molecule has 4 N–H and O–H groups in total. The van der Waals surface area contributed by atoms with Gasteiger partial charge in [-0.15, -0.1) is 0 Å². The SMILES string of the molecule is N#CCOc1cc(Cl)c(Cl)c(N)c1C(=N)c1cn[nH]c1. The first-order valence-corrected chi connectivity index (χ1v) is 6.17. The molecule has 2 aromatic rings. The van der Waals surface area contributed by atoms with E-state index in [0.717, 1.165) is 0 Å². The van der Waals surface area contributed by atoms with E-state index in [1.807, 2.05) is 6.07 Å². The van der Waals surface area contributed by atoms with Gasteiger partial charge in [-0.2, -0.15) is 10.4 Å². The summed E-state index contributed by atoms with van der Waals surface area (Å²) in [5.74, 6) is 0.227. The number of rotatable bonds is 4. The number of ether oxygens (including phenoxy) is 1. The quantitative estimate of drug-likeness (QED) is 0.595. The second kappa shape index (κ2) is 5.82. The first kappa shape index (κ1) is 14.2. The molecule has 0 fully saturated rings. The molecule has 0 amide bonds. The molecule has 0 saturated carbocycles. The Morgan fingerprint density at radius 1 is 1.55 bits per heavy atom. The van der Waals surface area contributed by atoms with E-state index in [2.05, 4.69) is 10.2 Å². The Labute approximate surface area is 124 Å². The molecule has 0 spiro atoms. The number of hydrogen-bond acceptors (Lipinski definition) is 5. The second-order valence-corrected chi connectivity index (χ2v) is 4.55. The first-order valence-electron chi connectivity index (χ1n) is 5.41. The van der Waals surface area contributed by atoms with Crippen LogP contribution < -0.4 is 10.5 Å². The summed E-state index contributed by atoms with van der Waals surface area (Å²) in [5.41, 5.74) is 6.89. The molecular formula is C12H9Cl2N5O. The monoisotopic (exact) mass is 309 g/mol. The van der Waals surface area contributed by atoms with Crippen molar-refractivity contribution in [2.75, 3.05) is 12.3 Å². The van der Waals surface area contributed by atoms with Gasteiger partial charge < -0.3 is 10.5 Å². The molecule has 0 saturated heterocycles. The van der Waals surface area contributed by atoms with Crippen molar-refractivity contribution in [3.63, 3.8) is 0 Å². The van der Waals surface area contributed by atoms with Crippen LogP contribution in [0.25, 0.3) is 0 Å². The van der Waals surface area contributed by atoms with E-state index < -0.39 is 0 Å². The number of nitriles is 1. The van der Waals surface area contributed by atoms with Crippen LogP contribution in [0.2, 0.25) is 10.0 Å². The van der Waals surface area contributed by atoms with E-state index in [9.17, 15) is 0 Å². The molecule has 1 heterocycles. The Morgan fingerprint density at radius 2 is 2.30 bits per heavy atom. The highest BCUT2D eigenvalue weighted by molar-refractivity contribution is 6.44. The third-order valence-electron chi connectivity index (χ3n) is 2.55. The molecule has 1 aromatic carbocycles. The molecule has 20 heavy (non-hydrogen) atoms. The van der Waals surface area contributed by atoms with Crippen molar-refractivity contribution in [2.24, 2.45) is 0 Å². The Kier molecular flexibility index (Phi) is 4.13. The Hall–Kier alpha value is -2.23. The average Bonchev–Trinajstić information content (AvgIpc) is 2.96. The summed E-state index contributed by atoms with van der Waals surface area (Å²) < 4.78 is 5.27. The minimum atomic E-state index is -0.191. The number of anilines is 1. The topological polar surface area (TPSA) is 112 Å². The third kappa shape index (κ3) is 2.54. The van der Waals surface area contributed by atoms with E-state index in [1.165, 1.54) is 12.3 Å². The van der Waals surface area contributed by atoms with Gasteiger partial charge in [-0.1, -0.05) is 23.2 Å². The predicted octanol–water partition coefficient (Wildman–Crippen LogP) is 2.62. The van der Waals surface area contributed by atoms with Crippen LogP contribution >= 0.6 is 23.2 Å². The van der Waals surface area contributed by atoms with Crippen molar-refractivity contribution in [3.8, 4) is 11.8 Å². The summed E-state index contributed by atoms with van der Waals surface area (Å²) in [7, 11) is 0. The highest BCUT2D eigenvalue weighted by atomic mass is 35.5. The van der Waals surface area contributed by atoms with Gasteiger partial charge in [0.05, 0.1) is 33.2 Å². The fourth-order valence-corrected chi connectivity index (χ4v) is 1.99. The van der Waals surface area contributed by atoms with E-state index in [-0.39, 0.29) is 39.4 Å². The largest absolute Gasteiger partial charge is 0.478 e. The molecule has 102 valence electrons. The molecule has 0 aliphatic rings. The van der Waals surface area contributed by atoms with Gasteiger partial charge in [0, 0.05) is 17.8 Å². The molecule has 0 unspecified atom stereocenters. The van der Waals surface area contributed by atoms with Crippen LogP contribution in [0.3, 0.4) is 0 Å². The van der Waals surface area contributed by atoms with Gasteiger partial charge in [0.25, 0.3) is 0 Å². The number of hydrogen-bond donors (Lipinski definition) is 3. The van der Waals surface area contributed by atoms with E-state index >= 15 is 0 Å². The number of aromatic nitrogens is 2. The predicted molar refractivity (Wildman–Crippen MR) is 76.5 cm³/mol. The van der Waals surface area contributed by atoms with Crippen LogP contribution in [0.15, 0.2) is 18.5 Å². The molecular weight excluding hydrogens is 301 g/mol. The average molecular weight is 310 g/mol. The zero-order chi connectivity index (χ0) is 14.7. The maximum Gasteiger partial charge on any atom is 0.174 e. The molecule has 2 rings (SSSR count). The lowest BCUT2D eigenvalue weighted by Gasteiger charge is -2.14. The maximum atomic E-state index is 8.60. The fraction of sp³-hybridized carbons (Fsp3) is 0.0833. The van der Waals surface area contributed by atoms with Crippen LogP contribution in [0.5, 0.6) is 5.75 Å². The standard InChI is InChI=1S/C12H9Cl2N5O/c13-7-3-8(20-2-1-15)9(12(17)10(7)14)11(16)6-4-18-19-5-6/h3-5,16H,2,17H2,(H,18,19). The van der Waals surface area contributed by atoms with Gasteiger partial charge in [0.1, 0.15) is 11.8 Å². The van der Waals surface area contributed by atoms with Crippen LogP contribution in [0, 0.1) is 16.7 Å². The number of nitrogen functional groups attached to an aromatic ring is 1. The summed E-state index contributed by atoms with van der Waals surface area (Å²) in [5, 5.41) is 23.5. The minimum Gasteiger partial charge on any atom is -0.478 e. The minimum absolute atomic E-state index is 0.0720. The van der Waals surface area contributed by atoms with Crippen molar-refractivity contribution in [2.45, 2.75) is 0 Å². The van der Waals surface area contributed by atoms with E-state index in [0.29, 0.717) is 5.56 Å². The lowest BCUT2D eigenvalue weighted by molar-refractivity contribution is 0.367. The first-order chi connectivity index (χ1) is 9.56. The maximum absolute atomic E-state index is 8.60. The van der Waals surface area contributed by atoms with E-state index in [4.69, 9.17) is 44.3 Å². The van der Waals surface area contributed by atoms with Crippen molar-refractivity contribution in [1.29, 1.82) is 10.7 Å². The number of H-pyrrole nitrogens is 1. The summed E-state index contributed by atoms with van der Waals surface area (Å²) in [6.45, 7) is -0.191. The van der Waals surface area contributed by atoms with Crippen molar-refractivity contribution >= 4 is 34.6 Å². The molecule has 1 aromatic heterocycles. The van der Waals surface area contributed by atoms with Gasteiger partial charge in [0.2, 0.25) is 0 Å². The van der Waals surface area contributed by atoms with Crippen molar-refractivity contribution < 1.29 is 4.74 Å². The highest BCUT2D eigenvalue weighted by Crippen LogP contribution is 2.38. The van der Waals surface area contributed by atoms with Crippen molar-refractivity contribution in [3.05, 3.63) is 39.6 Å². The molecule has 0 aliphatic heterocycles. The lowest BCUT2D eigenvalue weighted by Crippen LogP contribution is -2.09. The number of nitrogens with zero attached hydrogens (tertiary/aromatic N) is 2. The Morgan fingerprint density at radius 3 is 2.90 bits per heavy atom. The second-order valence-electron chi connectivity index (χ2n) is 3.77. The van der Waals surface area contributed by atoms with Gasteiger partial charge in [-0.3, -0.25) is 10.5 Å². The van der Waals surface area contributed by atoms with Crippen LogP contribution in [0.1, 0.15) is 11.1 Å². The summed E-state index contributed by atoms with van der Waals surface area (Å²) >= 11 is 11.9. The lowest BCUT2D eigenvalue weighted by atomic mass is 10.0. The van der Waals surface area contributed by atoms with Gasteiger partial charge in [0.15, 0.2) is 6.61 Å². The summed E-state index contributed by atoms with van der Waals surface area (Å²) in [6.07, 6.45) is 3.01. The molecule has 8 heteroatoms. The van der Waals surface area contributed by atoms with Crippen molar-refractivity contribution in [1.82, 2.24) is 10.2 Å². The Balaban J connectivity index is 2.57. The molecule has 0 aliphatic carbocycles. The van der Waals surface area contributed by atoms with Gasteiger partial charge in [-0.05, 0) is 0 Å². The third-order valence-corrected chi connectivity index (χ3v) is 3.35. The zero-order valence-corrected chi connectivity index (χ0v) is 11.6. The zero-order valence-electron chi connectivity index (χ0n) is 10.1. The normalized spacial score (nSPS) is 10.1. The molecule has 0 radical (unpaired) electrons.